The van der Waals surface area contributed by atoms with Crippen LogP contribution in [0.25, 0.3) is 10.9 Å². The van der Waals surface area contributed by atoms with Gasteiger partial charge in [-0.3, -0.25) is 4.68 Å². The summed E-state index contributed by atoms with van der Waals surface area (Å²) in [5, 5.41) is 3.16. The molecule has 0 aliphatic carbocycles. The van der Waals surface area contributed by atoms with E-state index in [1.54, 1.807) is 6.07 Å². The van der Waals surface area contributed by atoms with Gasteiger partial charge in [-0.2, -0.15) is 5.10 Å². The van der Waals surface area contributed by atoms with Gasteiger partial charge < -0.3 is 0 Å². The van der Waals surface area contributed by atoms with E-state index in [-0.39, 0.29) is 5.39 Å². The standard InChI is InChI=1S/C8H6ClFN2O2S/c1-12-6-4-2-3-5(10)7(6)8(11-12)15(9,13)14/h2-4H,1H3. The Morgan fingerprint density at radius 2 is 2.13 bits per heavy atom. The maximum Gasteiger partial charge on any atom is 0.281 e. The molecule has 1 heterocycles. The van der Waals surface area contributed by atoms with Crippen LogP contribution in [0.2, 0.25) is 0 Å². The summed E-state index contributed by atoms with van der Waals surface area (Å²) in [6, 6.07) is 4.20. The van der Waals surface area contributed by atoms with Crippen LogP contribution in [0.5, 0.6) is 0 Å². The molecule has 0 amide bonds. The molecule has 0 aliphatic rings. The molecule has 4 nitrogen and oxygen atoms in total. The van der Waals surface area contributed by atoms with Crippen LogP contribution in [0, 0.1) is 5.82 Å². The van der Waals surface area contributed by atoms with E-state index in [1.807, 2.05) is 0 Å². The van der Waals surface area contributed by atoms with Crippen LogP contribution in [-0.4, -0.2) is 18.2 Å². The van der Waals surface area contributed by atoms with Gasteiger partial charge in [0.2, 0.25) is 5.03 Å². The average Bonchev–Trinajstić information content (AvgIpc) is 2.45. The summed E-state index contributed by atoms with van der Waals surface area (Å²) in [4.78, 5) is 0. The number of nitrogens with zero attached hydrogens (tertiary/aromatic N) is 2. The molecule has 0 N–H and O–H groups in total. The topological polar surface area (TPSA) is 52.0 Å². The first-order valence-electron chi connectivity index (χ1n) is 3.97. The second-order valence-corrected chi connectivity index (χ2v) is 5.48. The molecule has 80 valence electrons. The quantitative estimate of drug-likeness (QED) is 0.721. The second kappa shape index (κ2) is 3.18. The van der Waals surface area contributed by atoms with Crippen molar-refractivity contribution in [3.8, 4) is 0 Å². The fourth-order valence-electron chi connectivity index (χ4n) is 1.40. The lowest BCUT2D eigenvalue weighted by atomic mass is 10.2. The van der Waals surface area contributed by atoms with Crippen LogP contribution in [0.4, 0.5) is 4.39 Å². The summed E-state index contributed by atoms with van der Waals surface area (Å²) in [5.41, 5.74) is 0.384. The first-order valence-corrected chi connectivity index (χ1v) is 6.28. The molecule has 15 heavy (non-hydrogen) atoms. The lowest BCUT2D eigenvalue weighted by molar-refractivity contribution is 0.600. The molecule has 2 rings (SSSR count). The second-order valence-electron chi connectivity index (χ2n) is 3.00. The predicted molar refractivity (Wildman–Crippen MR) is 53.7 cm³/mol. The van der Waals surface area contributed by atoms with Gasteiger partial charge in [-0.1, -0.05) is 6.07 Å². The molecule has 0 fully saturated rings. The zero-order valence-corrected chi connectivity index (χ0v) is 9.18. The van der Waals surface area contributed by atoms with E-state index in [4.69, 9.17) is 10.7 Å². The Bertz CT molecular complexity index is 635. The van der Waals surface area contributed by atoms with Gasteiger partial charge in [0.25, 0.3) is 9.05 Å². The van der Waals surface area contributed by atoms with Crippen molar-refractivity contribution in [2.24, 2.45) is 7.05 Å². The van der Waals surface area contributed by atoms with E-state index in [1.165, 1.54) is 17.8 Å². The van der Waals surface area contributed by atoms with Gasteiger partial charge >= 0.3 is 0 Å². The van der Waals surface area contributed by atoms with Gasteiger partial charge in [0.05, 0.1) is 10.9 Å². The molecule has 0 saturated heterocycles. The van der Waals surface area contributed by atoms with Crippen LogP contribution in [-0.2, 0) is 16.1 Å². The number of aryl methyl sites for hydroxylation is 1. The Morgan fingerprint density at radius 3 is 2.73 bits per heavy atom. The number of hydrogen-bond donors (Lipinski definition) is 0. The van der Waals surface area contributed by atoms with Crippen molar-refractivity contribution in [1.29, 1.82) is 0 Å². The highest BCUT2D eigenvalue weighted by Gasteiger charge is 2.22. The van der Waals surface area contributed by atoms with Gasteiger partial charge in [-0.15, -0.1) is 0 Å². The third-order valence-corrected chi connectivity index (χ3v) is 3.21. The lowest BCUT2D eigenvalue weighted by Gasteiger charge is -1.93. The third kappa shape index (κ3) is 1.59. The van der Waals surface area contributed by atoms with Gasteiger partial charge in [0.1, 0.15) is 5.82 Å². The molecular weight excluding hydrogens is 243 g/mol. The Hall–Kier alpha value is -1.14. The fraction of sp³-hybridized carbons (Fsp3) is 0.125. The molecule has 2 aromatic rings. The number of halogens is 2. The summed E-state index contributed by atoms with van der Waals surface area (Å²) >= 11 is 0. The summed E-state index contributed by atoms with van der Waals surface area (Å²) < 4.78 is 37.0. The molecule has 0 radical (unpaired) electrons. The lowest BCUT2D eigenvalue weighted by Crippen LogP contribution is -1.95. The highest BCUT2D eigenvalue weighted by atomic mass is 35.7. The number of aromatic nitrogens is 2. The maximum atomic E-state index is 13.4. The smallest absolute Gasteiger partial charge is 0.266 e. The monoisotopic (exact) mass is 248 g/mol. The minimum absolute atomic E-state index is 0.0741. The van der Waals surface area contributed by atoms with Crippen LogP contribution in [0.1, 0.15) is 0 Å². The zero-order valence-electron chi connectivity index (χ0n) is 7.61. The molecule has 0 unspecified atom stereocenters. The van der Waals surface area contributed by atoms with E-state index in [2.05, 4.69) is 5.10 Å². The van der Waals surface area contributed by atoms with Crippen molar-refractivity contribution in [3.63, 3.8) is 0 Å². The minimum atomic E-state index is -4.03. The largest absolute Gasteiger partial charge is 0.281 e. The molecule has 7 heteroatoms. The van der Waals surface area contributed by atoms with Gasteiger partial charge in [-0.05, 0) is 12.1 Å². The molecule has 0 bridgehead atoms. The first-order chi connectivity index (χ1) is 6.91. The molecule has 1 aromatic carbocycles. The van der Waals surface area contributed by atoms with Crippen molar-refractivity contribution < 1.29 is 12.8 Å². The summed E-state index contributed by atoms with van der Waals surface area (Å²) in [6.07, 6.45) is 0. The van der Waals surface area contributed by atoms with E-state index >= 15 is 0 Å². The SMILES string of the molecule is Cn1nc(S(=O)(=O)Cl)c2c(F)cccc21. The Morgan fingerprint density at radius 1 is 1.47 bits per heavy atom. The highest BCUT2D eigenvalue weighted by molar-refractivity contribution is 8.13. The van der Waals surface area contributed by atoms with Crippen molar-refractivity contribution in [3.05, 3.63) is 24.0 Å². The van der Waals surface area contributed by atoms with Crippen LogP contribution in [0.15, 0.2) is 23.2 Å². The molecule has 0 atom stereocenters. The summed E-state index contributed by atoms with van der Waals surface area (Å²) in [7, 11) is 2.64. The third-order valence-electron chi connectivity index (χ3n) is 2.03. The van der Waals surface area contributed by atoms with Gasteiger partial charge in [-0.25, -0.2) is 12.8 Å². The molecule has 0 aliphatic heterocycles. The Kier molecular flexibility index (Phi) is 2.20. The van der Waals surface area contributed by atoms with Crippen molar-refractivity contribution in [2.45, 2.75) is 5.03 Å². The maximum absolute atomic E-state index is 13.4. The van der Waals surface area contributed by atoms with Crippen molar-refractivity contribution in [1.82, 2.24) is 9.78 Å². The van der Waals surface area contributed by atoms with Crippen LogP contribution < -0.4 is 0 Å². The van der Waals surface area contributed by atoms with Gasteiger partial charge in [0.15, 0.2) is 0 Å². The normalized spacial score (nSPS) is 12.2. The van der Waals surface area contributed by atoms with E-state index < -0.39 is 19.9 Å². The Balaban J connectivity index is 3.01. The minimum Gasteiger partial charge on any atom is -0.266 e. The van der Waals surface area contributed by atoms with Gasteiger partial charge in [0, 0.05) is 17.7 Å². The van der Waals surface area contributed by atoms with E-state index in [0.29, 0.717) is 5.52 Å². The zero-order chi connectivity index (χ0) is 11.2. The predicted octanol–water partition coefficient (Wildman–Crippen LogP) is 1.64. The average molecular weight is 249 g/mol. The summed E-state index contributed by atoms with van der Waals surface area (Å²) in [5.74, 6) is -0.653. The van der Waals surface area contributed by atoms with E-state index in [9.17, 15) is 12.8 Å². The fourth-order valence-corrected chi connectivity index (χ4v) is 2.39. The highest BCUT2D eigenvalue weighted by Crippen LogP contribution is 2.26. The Labute approximate surface area is 89.7 Å². The van der Waals surface area contributed by atoms with E-state index in [0.717, 1.165) is 6.07 Å². The molecule has 1 aromatic heterocycles. The van der Waals surface area contributed by atoms with Crippen LogP contribution in [0.3, 0.4) is 0 Å². The first kappa shape index (κ1) is 10.4. The summed E-state index contributed by atoms with van der Waals surface area (Å²) in [6.45, 7) is 0. The molecular formula is C8H6ClFN2O2S. The van der Waals surface area contributed by atoms with Crippen molar-refractivity contribution in [2.75, 3.05) is 0 Å². The molecule has 0 saturated carbocycles. The number of hydrogen-bond acceptors (Lipinski definition) is 3. The number of fused-ring (bicyclic) bond motifs is 1. The van der Waals surface area contributed by atoms with Crippen molar-refractivity contribution >= 4 is 30.6 Å². The van der Waals surface area contributed by atoms with Crippen LogP contribution >= 0.6 is 10.7 Å². The number of benzene rings is 1. The number of rotatable bonds is 1. The molecule has 0 spiro atoms.